The van der Waals surface area contributed by atoms with Crippen LogP contribution in [0.1, 0.15) is 38.2 Å². The average molecular weight is 347 g/mol. The second-order valence-electron chi connectivity index (χ2n) is 6.84. The smallest absolute Gasteiger partial charge is 0.222 e. The Kier molecular flexibility index (Phi) is 6.56. The lowest BCUT2D eigenvalue weighted by molar-refractivity contribution is -0.133. The summed E-state index contributed by atoms with van der Waals surface area (Å²) in [5, 5.41) is 0. The van der Waals surface area contributed by atoms with Crippen LogP contribution < -0.4 is 9.47 Å². The van der Waals surface area contributed by atoms with Gasteiger partial charge in [0.25, 0.3) is 0 Å². The number of fused-ring (bicyclic) bond motifs is 1. The highest BCUT2D eigenvalue weighted by molar-refractivity contribution is 5.76. The molecule has 1 aromatic carbocycles. The predicted molar refractivity (Wildman–Crippen MR) is 96.2 cm³/mol. The third-order valence-corrected chi connectivity index (χ3v) is 4.89. The molecule has 0 radical (unpaired) electrons. The molecule has 0 N–H and O–H groups in total. The van der Waals surface area contributed by atoms with Gasteiger partial charge in [-0.15, -0.1) is 0 Å². The molecule has 0 bridgehead atoms. The molecule has 1 saturated heterocycles. The van der Waals surface area contributed by atoms with Crippen molar-refractivity contribution in [3.63, 3.8) is 0 Å². The second-order valence-corrected chi connectivity index (χ2v) is 6.84. The van der Waals surface area contributed by atoms with Crippen LogP contribution in [0.5, 0.6) is 11.5 Å². The van der Waals surface area contributed by atoms with Crippen LogP contribution in [0.4, 0.5) is 0 Å². The number of aryl methyl sites for hydroxylation is 1. The van der Waals surface area contributed by atoms with E-state index in [-0.39, 0.29) is 5.91 Å². The highest BCUT2D eigenvalue weighted by atomic mass is 16.6. The maximum Gasteiger partial charge on any atom is 0.222 e. The number of ether oxygens (including phenoxy) is 3. The van der Waals surface area contributed by atoms with E-state index in [0.717, 1.165) is 57.1 Å². The zero-order valence-corrected chi connectivity index (χ0v) is 15.2. The van der Waals surface area contributed by atoms with E-state index < -0.39 is 0 Å². The molecule has 0 aliphatic carbocycles. The van der Waals surface area contributed by atoms with E-state index in [2.05, 4.69) is 6.07 Å². The van der Waals surface area contributed by atoms with Crippen LogP contribution in [0, 0.1) is 5.92 Å². The van der Waals surface area contributed by atoms with Gasteiger partial charge in [0.2, 0.25) is 5.91 Å². The molecule has 0 spiro atoms. The minimum Gasteiger partial charge on any atom is -0.486 e. The van der Waals surface area contributed by atoms with Crippen LogP contribution >= 0.6 is 0 Å². The third-order valence-electron chi connectivity index (χ3n) is 4.89. The van der Waals surface area contributed by atoms with E-state index in [1.165, 1.54) is 12.0 Å². The first-order valence-corrected chi connectivity index (χ1v) is 9.50. The summed E-state index contributed by atoms with van der Waals surface area (Å²) in [5.41, 5.74) is 1.20. The Bertz CT molecular complexity index is 575. The van der Waals surface area contributed by atoms with Crippen molar-refractivity contribution in [1.29, 1.82) is 0 Å². The first-order valence-electron chi connectivity index (χ1n) is 9.50. The Balaban J connectivity index is 1.43. The number of likely N-dealkylation sites (tertiary alicyclic amines) is 1. The summed E-state index contributed by atoms with van der Waals surface area (Å²) in [6, 6.07) is 6.07. The van der Waals surface area contributed by atoms with Crippen LogP contribution in [0.3, 0.4) is 0 Å². The summed E-state index contributed by atoms with van der Waals surface area (Å²) in [6.07, 6.45) is 4.62. The van der Waals surface area contributed by atoms with Crippen LogP contribution in [0.25, 0.3) is 0 Å². The Morgan fingerprint density at radius 3 is 2.96 bits per heavy atom. The van der Waals surface area contributed by atoms with Crippen molar-refractivity contribution >= 4 is 5.91 Å². The fourth-order valence-electron chi connectivity index (χ4n) is 3.56. The Hall–Kier alpha value is -1.75. The zero-order valence-electron chi connectivity index (χ0n) is 15.2. The van der Waals surface area contributed by atoms with E-state index in [4.69, 9.17) is 14.2 Å². The van der Waals surface area contributed by atoms with Crippen molar-refractivity contribution < 1.29 is 19.0 Å². The minimum atomic E-state index is 0.277. The quantitative estimate of drug-likeness (QED) is 0.761. The summed E-state index contributed by atoms with van der Waals surface area (Å²) in [6.45, 7) is 6.50. The molecule has 25 heavy (non-hydrogen) atoms. The van der Waals surface area contributed by atoms with Crippen molar-refractivity contribution in [2.45, 2.75) is 39.0 Å². The molecule has 0 aromatic heterocycles. The van der Waals surface area contributed by atoms with E-state index in [9.17, 15) is 4.79 Å². The summed E-state index contributed by atoms with van der Waals surface area (Å²) in [7, 11) is 0. The molecule has 5 heteroatoms. The summed E-state index contributed by atoms with van der Waals surface area (Å²) in [4.78, 5) is 14.5. The van der Waals surface area contributed by atoms with Crippen molar-refractivity contribution in [3.05, 3.63) is 23.8 Å². The molecule has 3 rings (SSSR count). The molecule has 1 unspecified atom stereocenters. The van der Waals surface area contributed by atoms with Crippen LogP contribution in [0.2, 0.25) is 0 Å². The summed E-state index contributed by atoms with van der Waals surface area (Å²) < 4.78 is 16.7. The normalized spacial score (nSPS) is 19.7. The SMILES string of the molecule is CCOCC1CCCN(C(=O)CCCc2ccc3c(c2)OCCO3)C1. The Morgan fingerprint density at radius 2 is 2.12 bits per heavy atom. The average Bonchev–Trinajstić information content (AvgIpc) is 2.66. The van der Waals surface area contributed by atoms with E-state index in [1.54, 1.807) is 0 Å². The van der Waals surface area contributed by atoms with E-state index in [1.807, 2.05) is 24.0 Å². The van der Waals surface area contributed by atoms with Crippen molar-refractivity contribution in [1.82, 2.24) is 4.90 Å². The van der Waals surface area contributed by atoms with Gasteiger partial charge in [0, 0.05) is 26.1 Å². The monoisotopic (exact) mass is 347 g/mol. The second kappa shape index (κ2) is 9.09. The number of benzene rings is 1. The lowest BCUT2D eigenvalue weighted by Crippen LogP contribution is -2.41. The number of hydrogen-bond acceptors (Lipinski definition) is 4. The number of rotatable bonds is 7. The fraction of sp³-hybridized carbons (Fsp3) is 0.650. The van der Waals surface area contributed by atoms with Crippen LogP contribution in [0.15, 0.2) is 18.2 Å². The number of amides is 1. The molecule has 2 heterocycles. The Morgan fingerprint density at radius 1 is 1.28 bits per heavy atom. The first-order chi connectivity index (χ1) is 12.3. The number of nitrogens with zero attached hydrogens (tertiary/aromatic N) is 1. The lowest BCUT2D eigenvalue weighted by atomic mass is 9.98. The maximum atomic E-state index is 12.5. The standard InChI is InChI=1S/C20H29NO4/c1-2-23-15-17-6-4-10-21(14-17)20(22)7-3-5-16-8-9-18-19(13-16)25-12-11-24-18/h8-9,13,17H,2-7,10-12,14-15H2,1H3. The van der Waals surface area contributed by atoms with Crippen molar-refractivity contribution in [3.8, 4) is 11.5 Å². The van der Waals surface area contributed by atoms with Crippen molar-refractivity contribution in [2.75, 3.05) is 39.5 Å². The number of carbonyl (C=O) groups is 1. The van der Waals surface area contributed by atoms with Gasteiger partial charge in [-0.1, -0.05) is 6.07 Å². The molecule has 2 aliphatic heterocycles. The molecule has 5 nitrogen and oxygen atoms in total. The maximum absolute atomic E-state index is 12.5. The predicted octanol–water partition coefficient (Wildman–Crippen LogP) is 3.06. The van der Waals surface area contributed by atoms with Gasteiger partial charge in [0.05, 0.1) is 6.61 Å². The van der Waals surface area contributed by atoms with Crippen molar-refractivity contribution in [2.24, 2.45) is 5.92 Å². The minimum absolute atomic E-state index is 0.277. The Labute approximate surface area is 150 Å². The molecule has 2 aliphatic rings. The highest BCUT2D eigenvalue weighted by Crippen LogP contribution is 2.31. The lowest BCUT2D eigenvalue weighted by Gasteiger charge is -2.32. The van der Waals surface area contributed by atoms with Crippen LogP contribution in [-0.4, -0.2) is 50.3 Å². The van der Waals surface area contributed by atoms with E-state index in [0.29, 0.717) is 25.6 Å². The molecular weight excluding hydrogens is 318 g/mol. The van der Waals surface area contributed by atoms with E-state index >= 15 is 0 Å². The molecule has 1 fully saturated rings. The first kappa shape index (κ1) is 18.1. The molecular formula is C20H29NO4. The largest absolute Gasteiger partial charge is 0.486 e. The topological polar surface area (TPSA) is 48.0 Å². The molecule has 1 amide bonds. The van der Waals surface area contributed by atoms with Gasteiger partial charge in [0.1, 0.15) is 13.2 Å². The molecule has 1 atom stereocenters. The van der Waals surface area contributed by atoms with Gasteiger partial charge in [-0.3, -0.25) is 4.79 Å². The van der Waals surface area contributed by atoms with Gasteiger partial charge in [0.15, 0.2) is 11.5 Å². The summed E-state index contributed by atoms with van der Waals surface area (Å²) >= 11 is 0. The third kappa shape index (κ3) is 5.11. The fourth-order valence-corrected chi connectivity index (χ4v) is 3.56. The molecule has 138 valence electrons. The summed E-state index contributed by atoms with van der Waals surface area (Å²) in [5.74, 6) is 2.42. The number of hydrogen-bond donors (Lipinski definition) is 0. The van der Waals surface area contributed by atoms with Gasteiger partial charge < -0.3 is 19.1 Å². The highest BCUT2D eigenvalue weighted by Gasteiger charge is 2.23. The van der Waals surface area contributed by atoms with Gasteiger partial charge in [-0.05, 0) is 56.2 Å². The van der Waals surface area contributed by atoms with Gasteiger partial charge in [-0.2, -0.15) is 0 Å². The molecule has 0 saturated carbocycles. The number of piperidine rings is 1. The van der Waals surface area contributed by atoms with Gasteiger partial charge >= 0.3 is 0 Å². The van der Waals surface area contributed by atoms with Crippen LogP contribution in [-0.2, 0) is 16.0 Å². The van der Waals surface area contributed by atoms with Gasteiger partial charge in [-0.25, -0.2) is 0 Å². The zero-order chi connectivity index (χ0) is 17.5. The number of carbonyl (C=O) groups excluding carboxylic acids is 1. The molecule has 1 aromatic rings.